The molecule has 6 aromatic rings. The van der Waals surface area contributed by atoms with Crippen molar-refractivity contribution in [3.05, 3.63) is 92.7 Å². The van der Waals surface area contributed by atoms with Crippen LogP contribution in [0.5, 0.6) is 0 Å². The average Bonchev–Trinajstić information content (AvgIpc) is 3.43. The highest BCUT2D eigenvalue weighted by atomic mass is 32.1. The minimum absolute atomic E-state index is 0.194. The molecule has 0 atom stereocenters. The van der Waals surface area contributed by atoms with Crippen molar-refractivity contribution in [2.75, 3.05) is 0 Å². The summed E-state index contributed by atoms with van der Waals surface area (Å²) in [6, 6.07) is 19.4. The van der Waals surface area contributed by atoms with Gasteiger partial charge >= 0.3 is 0 Å². The number of hydrogen-bond donors (Lipinski definition) is 0. The van der Waals surface area contributed by atoms with Crippen LogP contribution in [-0.4, -0.2) is 30.4 Å². The monoisotopic (exact) mass is 450 g/mol. The van der Waals surface area contributed by atoms with Crippen LogP contribution in [0, 0.1) is 13.8 Å². The Morgan fingerprint density at radius 1 is 0.879 bits per heavy atom. The predicted octanol–water partition coefficient (Wildman–Crippen LogP) is 4.84. The summed E-state index contributed by atoms with van der Waals surface area (Å²) < 4.78 is 3.24. The number of aryl methyl sites for hydroxylation is 2. The van der Waals surface area contributed by atoms with Gasteiger partial charge in [0.1, 0.15) is 16.7 Å². The zero-order valence-electron chi connectivity index (χ0n) is 17.9. The minimum Gasteiger partial charge on any atom is -0.268 e. The van der Waals surface area contributed by atoms with Crippen molar-refractivity contribution < 1.29 is 0 Å². The van der Waals surface area contributed by atoms with Gasteiger partial charge in [0, 0.05) is 4.88 Å². The maximum absolute atomic E-state index is 13.8. The maximum atomic E-state index is 13.8. The zero-order valence-corrected chi connectivity index (χ0v) is 18.7. The van der Waals surface area contributed by atoms with E-state index in [0.29, 0.717) is 33.5 Å². The van der Waals surface area contributed by atoms with E-state index in [1.165, 1.54) is 0 Å². The molecule has 0 unspecified atom stereocenters. The second-order valence-electron chi connectivity index (χ2n) is 7.79. The fraction of sp³-hybridized carbons (Fsp3) is 0.0800. The van der Waals surface area contributed by atoms with E-state index in [1.807, 2.05) is 79.9 Å². The Balaban J connectivity index is 1.73. The Bertz CT molecular complexity index is 1740. The molecule has 0 saturated carbocycles. The molecule has 0 aliphatic heterocycles. The van der Waals surface area contributed by atoms with Crippen LogP contribution in [0.3, 0.4) is 0 Å². The van der Waals surface area contributed by atoms with E-state index in [-0.39, 0.29) is 5.56 Å². The van der Waals surface area contributed by atoms with Crippen LogP contribution in [-0.2, 0) is 0 Å². The van der Waals surface area contributed by atoms with Gasteiger partial charge in [-0.2, -0.15) is 9.78 Å². The summed E-state index contributed by atoms with van der Waals surface area (Å²) in [6.07, 6.45) is 1.75. The molecule has 2 aromatic carbocycles. The summed E-state index contributed by atoms with van der Waals surface area (Å²) in [6.45, 7) is 3.84. The van der Waals surface area contributed by atoms with Crippen molar-refractivity contribution in [2.24, 2.45) is 5.10 Å². The molecule has 0 amide bonds. The highest BCUT2D eigenvalue weighted by Gasteiger charge is 2.21. The third-order valence-electron chi connectivity index (χ3n) is 5.56. The van der Waals surface area contributed by atoms with Crippen molar-refractivity contribution in [3.63, 3.8) is 0 Å². The molecule has 4 heterocycles. The number of thiophene rings is 1. The molecule has 0 aliphatic rings. The molecule has 8 heteroatoms. The Hall–Kier alpha value is -4.17. The van der Waals surface area contributed by atoms with Gasteiger partial charge < -0.3 is 0 Å². The normalized spacial score (nSPS) is 11.9. The van der Waals surface area contributed by atoms with E-state index in [9.17, 15) is 4.79 Å². The Morgan fingerprint density at radius 2 is 1.64 bits per heavy atom. The Kier molecular flexibility index (Phi) is 4.41. The molecule has 33 heavy (non-hydrogen) atoms. The lowest BCUT2D eigenvalue weighted by molar-refractivity contribution is 0.865. The summed E-state index contributed by atoms with van der Waals surface area (Å²) in [4.78, 5) is 29.2. The number of fused-ring (bicyclic) bond motifs is 4. The minimum atomic E-state index is -0.194. The number of aromatic nitrogens is 5. The Morgan fingerprint density at radius 3 is 2.36 bits per heavy atom. The lowest BCUT2D eigenvalue weighted by Gasteiger charge is -2.10. The van der Waals surface area contributed by atoms with Gasteiger partial charge in [-0.05, 0) is 49.6 Å². The van der Waals surface area contributed by atoms with Gasteiger partial charge in [0.05, 0.1) is 22.9 Å². The number of benzene rings is 2. The lowest BCUT2D eigenvalue weighted by atomic mass is 10.2. The molecule has 4 aromatic heterocycles. The molecule has 0 N–H and O–H groups in total. The summed E-state index contributed by atoms with van der Waals surface area (Å²) in [5, 5.41) is 7.05. The van der Waals surface area contributed by atoms with Crippen LogP contribution >= 0.6 is 11.3 Å². The molecule has 0 fully saturated rings. The quantitative estimate of drug-likeness (QED) is 0.361. The van der Waals surface area contributed by atoms with E-state index in [4.69, 9.17) is 15.0 Å². The van der Waals surface area contributed by atoms with Crippen LogP contribution in [0.1, 0.15) is 16.3 Å². The highest BCUT2D eigenvalue weighted by Crippen LogP contribution is 2.26. The second kappa shape index (κ2) is 7.46. The average molecular weight is 451 g/mol. The SMILES string of the molecule is Cc1ccc(-n2c(C)nc3c(c2=O)c2nc4ccccc4nc2n3N=Cc2cccs2)cc1. The summed E-state index contributed by atoms with van der Waals surface area (Å²) in [5.74, 6) is 0.566. The van der Waals surface area contributed by atoms with Gasteiger partial charge in [0.15, 0.2) is 11.3 Å². The third-order valence-corrected chi connectivity index (χ3v) is 6.36. The van der Waals surface area contributed by atoms with Gasteiger partial charge in [0.2, 0.25) is 0 Å². The van der Waals surface area contributed by atoms with E-state index >= 15 is 0 Å². The van der Waals surface area contributed by atoms with Crippen molar-refractivity contribution in [2.45, 2.75) is 13.8 Å². The summed E-state index contributed by atoms with van der Waals surface area (Å²) in [5.41, 5.74) is 4.57. The van der Waals surface area contributed by atoms with E-state index in [0.717, 1.165) is 21.6 Å². The predicted molar refractivity (Wildman–Crippen MR) is 133 cm³/mol. The van der Waals surface area contributed by atoms with Crippen molar-refractivity contribution in [1.29, 1.82) is 0 Å². The first-order chi connectivity index (χ1) is 16.1. The Labute approximate surface area is 192 Å². The number of para-hydroxylation sites is 2. The molecule has 0 saturated heterocycles. The van der Waals surface area contributed by atoms with Crippen molar-refractivity contribution in [1.82, 2.24) is 24.2 Å². The topological polar surface area (TPSA) is 78.0 Å². The molecule has 0 aliphatic carbocycles. The molecule has 160 valence electrons. The zero-order chi connectivity index (χ0) is 22.5. The van der Waals surface area contributed by atoms with E-state index < -0.39 is 0 Å². The molecule has 0 radical (unpaired) electrons. The van der Waals surface area contributed by atoms with Gasteiger partial charge in [-0.15, -0.1) is 11.3 Å². The van der Waals surface area contributed by atoms with Crippen LogP contribution < -0.4 is 5.56 Å². The van der Waals surface area contributed by atoms with Gasteiger partial charge in [-0.25, -0.2) is 15.0 Å². The van der Waals surface area contributed by atoms with Crippen LogP contribution in [0.4, 0.5) is 0 Å². The summed E-state index contributed by atoms with van der Waals surface area (Å²) in [7, 11) is 0. The molecule has 0 spiro atoms. The molecule has 7 nitrogen and oxygen atoms in total. The fourth-order valence-corrected chi connectivity index (χ4v) is 4.55. The van der Waals surface area contributed by atoms with E-state index in [1.54, 1.807) is 26.8 Å². The van der Waals surface area contributed by atoms with Gasteiger partial charge in [-0.1, -0.05) is 35.9 Å². The first kappa shape index (κ1) is 19.5. The first-order valence-electron chi connectivity index (χ1n) is 10.5. The summed E-state index contributed by atoms with van der Waals surface area (Å²) >= 11 is 1.58. The second-order valence-corrected chi connectivity index (χ2v) is 8.77. The largest absolute Gasteiger partial charge is 0.269 e. The van der Waals surface area contributed by atoms with Crippen LogP contribution in [0.25, 0.3) is 38.9 Å². The first-order valence-corrected chi connectivity index (χ1v) is 11.3. The highest BCUT2D eigenvalue weighted by molar-refractivity contribution is 7.11. The molecular formula is C25H18N6OS. The van der Waals surface area contributed by atoms with Crippen LogP contribution in [0.2, 0.25) is 0 Å². The van der Waals surface area contributed by atoms with Crippen LogP contribution in [0.15, 0.2) is 75.9 Å². The number of nitrogens with zero attached hydrogens (tertiary/aromatic N) is 6. The standard InChI is InChI=1S/C25H18N6OS/c1-15-9-11-17(12-10-15)30-16(2)27-23-21(25(30)32)22-24(29-20-8-4-3-7-19(20)28-22)31(23)26-14-18-6-5-13-33-18/h3-14H,1-2H3. The third kappa shape index (κ3) is 3.15. The van der Waals surface area contributed by atoms with Crippen molar-refractivity contribution >= 4 is 50.8 Å². The maximum Gasteiger partial charge on any atom is 0.269 e. The number of hydrogen-bond acceptors (Lipinski definition) is 6. The molecule has 6 rings (SSSR count). The lowest BCUT2D eigenvalue weighted by Crippen LogP contribution is -2.22. The number of rotatable bonds is 3. The van der Waals surface area contributed by atoms with E-state index in [2.05, 4.69) is 5.10 Å². The van der Waals surface area contributed by atoms with Gasteiger partial charge in [-0.3, -0.25) is 9.36 Å². The molecular weight excluding hydrogens is 432 g/mol. The van der Waals surface area contributed by atoms with Gasteiger partial charge in [0.25, 0.3) is 5.56 Å². The fourth-order valence-electron chi connectivity index (χ4n) is 3.97. The smallest absolute Gasteiger partial charge is 0.268 e. The van der Waals surface area contributed by atoms with Crippen molar-refractivity contribution in [3.8, 4) is 5.69 Å². The molecule has 0 bridgehead atoms.